The zero-order valence-corrected chi connectivity index (χ0v) is 12.5. The molecule has 0 aromatic carbocycles. The zero-order chi connectivity index (χ0) is 15.2. The molecule has 0 aliphatic carbocycles. The standard InChI is InChI=1S/C14H21N5O2/c1-3-18(4-2)14(21)12-9-13(16-10-15-12)19-7-5-17(11-20)6-8-19/h9-11H,3-8H2,1-2H3. The Morgan fingerprint density at radius 2 is 1.90 bits per heavy atom. The number of rotatable bonds is 5. The van der Waals surface area contributed by atoms with E-state index in [1.165, 1.54) is 6.33 Å². The van der Waals surface area contributed by atoms with Gasteiger partial charge in [-0.1, -0.05) is 0 Å². The van der Waals surface area contributed by atoms with Gasteiger partial charge >= 0.3 is 0 Å². The summed E-state index contributed by atoms with van der Waals surface area (Å²) in [5.41, 5.74) is 0.418. The van der Waals surface area contributed by atoms with Gasteiger partial charge in [0.15, 0.2) is 0 Å². The summed E-state index contributed by atoms with van der Waals surface area (Å²) < 4.78 is 0. The van der Waals surface area contributed by atoms with Crippen LogP contribution in [0.15, 0.2) is 12.4 Å². The summed E-state index contributed by atoms with van der Waals surface area (Å²) in [6.07, 6.45) is 2.30. The van der Waals surface area contributed by atoms with Crippen LogP contribution in [0.3, 0.4) is 0 Å². The van der Waals surface area contributed by atoms with E-state index >= 15 is 0 Å². The fourth-order valence-corrected chi connectivity index (χ4v) is 2.37. The number of aromatic nitrogens is 2. The second-order valence-electron chi connectivity index (χ2n) is 4.87. The average Bonchev–Trinajstić information content (AvgIpc) is 2.56. The molecule has 1 aromatic rings. The molecule has 1 aliphatic heterocycles. The maximum absolute atomic E-state index is 12.3. The first kappa shape index (κ1) is 15.2. The minimum Gasteiger partial charge on any atom is -0.353 e. The second kappa shape index (κ2) is 7.01. The maximum atomic E-state index is 12.3. The maximum Gasteiger partial charge on any atom is 0.272 e. The molecule has 0 atom stereocenters. The number of hydrogen-bond acceptors (Lipinski definition) is 5. The second-order valence-corrected chi connectivity index (χ2v) is 4.87. The summed E-state index contributed by atoms with van der Waals surface area (Å²) in [4.78, 5) is 36.9. The Balaban J connectivity index is 2.11. The third-order valence-electron chi connectivity index (χ3n) is 3.71. The zero-order valence-electron chi connectivity index (χ0n) is 12.5. The molecule has 2 rings (SSSR count). The van der Waals surface area contributed by atoms with E-state index in [1.807, 2.05) is 13.8 Å². The van der Waals surface area contributed by atoms with Gasteiger partial charge in [0, 0.05) is 45.3 Å². The molecule has 7 nitrogen and oxygen atoms in total. The third kappa shape index (κ3) is 3.48. The van der Waals surface area contributed by atoms with E-state index in [1.54, 1.807) is 15.9 Å². The van der Waals surface area contributed by atoms with Gasteiger partial charge in [-0.3, -0.25) is 9.59 Å². The lowest BCUT2D eigenvalue weighted by atomic mass is 10.3. The highest BCUT2D eigenvalue weighted by Crippen LogP contribution is 2.14. The van der Waals surface area contributed by atoms with Crippen LogP contribution in [0.1, 0.15) is 24.3 Å². The lowest BCUT2D eigenvalue weighted by Gasteiger charge is -2.33. The van der Waals surface area contributed by atoms with Crippen LogP contribution in [-0.4, -0.2) is 71.4 Å². The van der Waals surface area contributed by atoms with Crippen molar-refractivity contribution in [1.29, 1.82) is 0 Å². The molecule has 0 bridgehead atoms. The van der Waals surface area contributed by atoms with E-state index in [0.29, 0.717) is 45.0 Å². The van der Waals surface area contributed by atoms with Crippen LogP contribution in [-0.2, 0) is 4.79 Å². The number of anilines is 1. The predicted molar refractivity (Wildman–Crippen MR) is 79.1 cm³/mol. The first-order valence-corrected chi connectivity index (χ1v) is 7.25. The molecule has 1 fully saturated rings. The van der Waals surface area contributed by atoms with Crippen molar-refractivity contribution in [2.75, 3.05) is 44.2 Å². The van der Waals surface area contributed by atoms with Gasteiger partial charge < -0.3 is 14.7 Å². The Hall–Kier alpha value is -2.18. The van der Waals surface area contributed by atoms with Crippen LogP contribution in [0, 0.1) is 0 Å². The van der Waals surface area contributed by atoms with Crippen molar-refractivity contribution in [2.24, 2.45) is 0 Å². The number of carbonyl (C=O) groups excluding carboxylic acids is 2. The topological polar surface area (TPSA) is 69.6 Å². The van der Waals surface area contributed by atoms with Crippen molar-refractivity contribution in [1.82, 2.24) is 19.8 Å². The minimum absolute atomic E-state index is 0.0739. The molecule has 2 heterocycles. The Labute approximate surface area is 124 Å². The molecule has 1 aromatic heterocycles. The van der Waals surface area contributed by atoms with Crippen molar-refractivity contribution in [3.05, 3.63) is 18.1 Å². The molecule has 2 amide bonds. The third-order valence-corrected chi connectivity index (χ3v) is 3.71. The number of hydrogen-bond donors (Lipinski definition) is 0. The molecule has 21 heavy (non-hydrogen) atoms. The van der Waals surface area contributed by atoms with Gasteiger partial charge in [0.25, 0.3) is 5.91 Å². The van der Waals surface area contributed by atoms with E-state index in [0.717, 1.165) is 12.2 Å². The van der Waals surface area contributed by atoms with Crippen molar-refractivity contribution < 1.29 is 9.59 Å². The highest BCUT2D eigenvalue weighted by Gasteiger charge is 2.19. The Morgan fingerprint density at radius 1 is 1.24 bits per heavy atom. The molecule has 1 aliphatic rings. The van der Waals surface area contributed by atoms with Gasteiger partial charge in [0.1, 0.15) is 17.8 Å². The molecule has 0 N–H and O–H groups in total. The monoisotopic (exact) mass is 291 g/mol. The van der Waals surface area contributed by atoms with Crippen LogP contribution in [0.4, 0.5) is 5.82 Å². The number of amides is 2. The van der Waals surface area contributed by atoms with Crippen molar-refractivity contribution >= 4 is 18.1 Å². The highest BCUT2D eigenvalue weighted by molar-refractivity contribution is 5.92. The molecule has 0 saturated carbocycles. The summed E-state index contributed by atoms with van der Waals surface area (Å²) in [6, 6.07) is 1.73. The fraction of sp³-hybridized carbons (Fsp3) is 0.571. The number of carbonyl (C=O) groups is 2. The normalized spacial score (nSPS) is 15.0. The Kier molecular flexibility index (Phi) is 5.08. The van der Waals surface area contributed by atoms with Gasteiger partial charge in [-0.15, -0.1) is 0 Å². The Bertz CT molecular complexity index is 496. The highest BCUT2D eigenvalue weighted by atomic mass is 16.2. The number of nitrogens with zero attached hydrogens (tertiary/aromatic N) is 5. The predicted octanol–water partition coefficient (Wildman–Crippen LogP) is 0.237. The van der Waals surface area contributed by atoms with Gasteiger partial charge in [0.2, 0.25) is 6.41 Å². The summed E-state index contributed by atoms with van der Waals surface area (Å²) in [5.74, 6) is 0.668. The van der Waals surface area contributed by atoms with Crippen molar-refractivity contribution in [3.8, 4) is 0 Å². The minimum atomic E-state index is -0.0739. The van der Waals surface area contributed by atoms with Gasteiger partial charge in [0.05, 0.1) is 0 Å². The lowest BCUT2D eigenvalue weighted by molar-refractivity contribution is -0.118. The van der Waals surface area contributed by atoms with Crippen LogP contribution in [0.5, 0.6) is 0 Å². The first-order valence-electron chi connectivity index (χ1n) is 7.25. The largest absolute Gasteiger partial charge is 0.353 e. The van der Waals surface area contributed by atoms with E-state index in [2.05, 4.69) is 14.9 Å². The molecule has 0 spiro atoms. The van der Waals surface area contributed by atoms with Crippen LogP contribution >= 0.6 is 0 Å². The molecular formula is C14H21N5O2. The summed E-state index contributed by atoms with van der Waals surface area (Å²) >= 11 is 0. The van der Waals surface area contributed by atoms with E-state index in [-0.39, 0.29) is 5.91 Å². The van der Waals surface area contributed by atoms with E-state index in [9.17, 15) is 9.59 Å². The molecule has 7 heteroatoms. The summed E-state index contributed by atoms with van der Waals surface area (Å²) in [6.45, 7) is 7.99. The summed E-state index contributed by atoms with van der Waals surface area (Å²) in [5, 5.41) is 0. The van der Waals surface area contributed by atoms with E-state index < -0.39 is 0 Å². The number of piperazine rings is 1. The van der Waals surface area contributed by atoms with Crippen molar-refractivity contribution in [2.45, 2.75) is 13.8 Å². The van der Waals surface area contributed by atoms with Gasteiger partial charge in [-0.25, -0.2) is 9.97 Å². The fourth-order valence-electron chi connectivity index (χ4n) is 2.37. The van der Waals surface area contributed by atoms with Crippen LogP contribution in [0.25, 0.3) is 0 Å². The first-order chi connectivity index (χ1) is 10.2. The molecule has 114 valence electrons. The lowest BCUT2D eigenvalue weighted by Crippen LogP contribution is -2.46. The molecular weight excluding hydrogens is 270 g/mol. The quantitative estimate of drug-likeness (QED) is 0.727. The van der Waals surface area contributed by atoms with Gasteiger partial charge in [-0.05, 0) is 13.8 Å². The molecule has 0 unspecified atom stereocenters. The van der Waals surface area contributed by atoms with Crippen LogP contribution in [0.2, 0.25) is 0 Å². The average molecular weight is 291 g/mol. The SMILES string of the molecule is CCN(CC)C(=O)c1cc(N2CCN(C=O)CC2)ncn1. The van der Waals surface area contributed by atoms with E-state index in [4.69, 9.17) is 0 Å². The van der Waals surface area contributed by atoms with Crippen LogP contribution < -0.4 is 4.90 Å². The smallest absolute Gasteiger partial charge is 0.272 e. The molecule has 1 saturated heterocycles. The Morgan fingerprint density at radius 3 is 2.48 bits per heavy atom. The van der Waals surface area contributed by atoms with Gasteiger partial charge in [-0.2, -0.15) is 0 Å². The summed E-state index contributed by atoms with van der Waals surface area (Å²) in [7, 11) is 0. The van der Waals surface area contributed by atoms with Crippen molar-refractivity contribution in [3.63, 3.8) is 0 Å². The molecule has 0 radical (unpaired) electrons.